The first-order valence-electron chi connectivity index (χ1n) is 8.42. The summed E-state index contributed by atoms with van der Waals surface area (Å²) in [4.78, 5) is 6.80. The van der Waals surface area contributed by atoms with Crippen LogP contribution >= 0.6 is 24.0 Å². The van der Waals surface area contributed by atoms with Crippen molar-refractivity contribution in [1.29, 1.82) is 0 Å². The van der Waals surface area contributed by atoms with Gasteiger partial charge in [0.1, 0.15) is 5.75 Å². The number of nitrogens with zero attached hydrogens (tertiary/aromatic N) is 2. The zero-order valence-electron chi connectivity index (χ0n) is 15.0. The molecular weight excluding hydrogens is 417 g/mol. The molecule has 5 nitrogen and oxygen atoms in total. The van der Waals surface area contributed by atoms with Crippen molar-refractivity contribution < 1.29 is 9.47 Å². The topological polar surface area (TPSA) is 60.1 Å². The molecule has 0 radical (unpaired) electrons. The Balaban J connectivity index is 0.00000288. The fraction of sp³-hybridized carbons (Fsp3) is 0.611. The third-order valence-corrected chi connectivity index (χ3v) is 4.78. The number of aliphatic imine (C=N–C) groups is 1. The van der Waals surface area contributed by atoms with Crippen LogP contribution in [0.15, 0.2) is 29.3 Å². The van der Waals surface area contributed by atoms with Gasteiger partial charge in [-0.15, -0.1) is 24.0 Å². The Morgan fingerprint density at radius 3 is 2.29 bits per heavy atom. The van der Waals surface area contributed by atoms with E-state index in [9.17, 15) is 0 Å². The number of hydrogen-bond donors (Lipinski definition) is 1. The van der Waals surface area contributed by atoms with Crippen molar-refractivity contribution in [3.05, 3.63) is 29.8 Å². The normalized spacial score (nSPS) is 17.0. The van der Waals surface area contributed by atoms with E-state index in [1.54, 1.807) is 7.11 Å². The van der Waals surface area contributed by atoms with Crippen molar-refractivity contribution in [2.75, 3.05) is 40.0 Å². The number of guanidine groups is 1. The summed E-state index contributed by atoms with van der Waals surface area (Å²) in [7, 11) is 1.69. The smallest absolute Gasteiger partial charge is 0.191 e. The summed E-state index contributed by atoms with van der Waals surface area (Å²) < 4.78 is 10.8. The van der Waals surface area contributed by atoms with Crippen LogP contribution < -0.4 is 10.5 Å². The Bertz CT molecular complexity index is 510. The predicted octanol–water partition coefficient (Wildman–Crippen LogP) is 3.02. The summed E-state index contributed by atoms with van der Waals surface area (Å²) in [5.41, 5.74) is 7.46. The highest BCUT2D eigenvalue weighted by atomic mass is 127. The van der Waals surface area contributed by atoms with Gasteiger partial charge in [-0.1, -0.05) is 12.1 Å². The summed E-state index contributed by atoms with van der Waals surface area (Å²) >= 11 is 0. The molecule has 1 fully saturated rings. The van der Waals surface area contributed by atoms with Gasteiger partial charge in [-0.05, 0) is 44.4 Å². The fourth-order valence-corrected chi connectivity index (χ4v) is 3.12. The summed E-state index contributed by atoms with van der Waals surface area (Å²) in [6.45, 7) is 8.19. The maximum Gasteiger partial charge on any atom is 0.191 e. The summed E-state index contributed by atoms with van der Waals surface area (Å²) in [6, 6.07) is 8.33. The highest BCUT2D eigenvalue weighted by Gasteiger charge is 2.34. The van der Waals surface area contributed by atoms with E-state index in [-0.39, 0.29) is 29.4 Å². The molecule has 0 saturated carbocycles. The van der Waals surface area contributed by atoms with Gasteiger partial charge in [-0.25, -0.2) is 0 Å². The van der Waals surface area contributed by atoms with Crippen molar-refractivity contribution in [3.63, 3.8) is 0 Å². The Morgan fingerprint density at radius 2 is 1.79 bits per heavy atom. The van der Waals surface area contributed by atoms with E-state index in [1.807, 2.05) is 12.1 Å². The lowest BCUT2D eigenvalue weighted by atomic mass is 9.74. The third-order valence-electron chi connectivity index (χ3n) is 4.78. The number of methoxy groups -OCH3 is 1. The number of ether oxygens (including phenoxy) is 2. The van der Waals surface area contributed by atoms with Crippen molar-refractivity contribution >= 4 is 29.9 Å². The van der Waals surface area contributed by atoms with Gasteiger partial charge in [-0.3, -0.25) is 4.99 Å². The molecule has 1 aliphatic heterocycles. The van der Waals surface area contributed by atoms with Crippen LogP contribution in [-0.2, 0) is 10.2 Å². The van der Waals surface area contributed by atoms with E-state index in [0.29, 0.717) is 12.5 Å². The molecule has 2 N–H and O–H groups in total. The van der Waals surface area contributed by atoms with Crippen LogP contribution in [0.25, 0.3) is 0 Å². The van der Waals surface area contributed by atoms with Crippen LogP contribution in [-0.4, -0.2) is 50.8 Å². The highest BCUT2D eigenvalue weighted by molar-refractivity contribution is 14.0. The molecular formula is C18H30IN3O2. The molecule has 136 valence electrons. The summed E-state index contributed by atoms with van der Waals surface area (Å²) in [6.07, 6.45) is 1.93. The first-order valence-corrected chi connectivity index (χ1v) is 8.42. The molecule has 1 aliphatic rings. The zero-order chi connectivity index (χ0) is 16.7. The maximum absolute atomic E-state index is 6.16. The number of halogens is 1. The second kappa shape index (κ2) is 10.1. The Morgan fingerprint density at radius 1 is 1.21 bits per heavy atom. The molecule has 0 atom stereocenters. The van der Waals surface area contributed by atoms with Crippen molar-refractivity contribution in [3.8, 4) is 5.75 Å². The Labute approximate surface area is 162 Å². The molecule has 6 heteroatoms. The van der Waals surface area contributed by atoms with Crippen molar-refractivity contribution in [1.82, 2.24) is 4.90 Å². The number of hydrogen-bond acceptors (Lipinski definition) is 3. The minimum absolute atomic E-state index is 0. The molecule has 0 aromatic heterocycles. The maximum atomic E-state index is 6.16. The van der Waals surface area contributed by atoms with E-state index in [2.05, 4.69) is 30.9 Å². The van der Waals surface area contributed by atoms with Gasteiger partial charge in [0, 0.05) is 31.7 Å². The van der Waals surface area contributed by atoms with Crippen LogP contribution in [0.3, 0.4) is 0 Å². The van der Waals surface area contributed by atoms with Gasteiger partial charge in [-0.2, -0.15) is 0 Å². The second-order valence-corrected chi connectivity index (χ2v) is 5.97. The van der Waals surface area contributed by atoms with Gasteiger partial charge < -0.3 is 20.1 Å². The standard InChI is InChI=1S/C18H29N3O2.HI/c1-4-21(5-2)17(19)20-14-18(10-12-23-13-11-18)15-6-8-16(22-3)9-7-15;/h6-9H,4-5,10-14H2,1-3H3,(H2,19,20);1H. The lowest BCUT2D eigenvalue weighted by Crippen LogP contribution is -2.41. The summed E-state index contributed by atoms with van der Waals surface area (Å²) in [5, 5.41) is 0. The molecule has 0 spiro atoms. The molecule has 1 aromatic rings. The van der Waals surface area contributed by atoms with E-state index in [1.165, 1.54) is 5.56 Å². The average molecular weight is 447 g/mol. The van der Waals surface area contributed by atoms with Crippen molar-refractivity contribution in [2.45, 2.75) is 32.1 Å². The first kappa shape index (κ1) is 21.0. The Hall–Kier alpha value is -1.02. The number of rotatable bonds is 6. The largest absolute Gasteiger partial charge is 0.497 e. The lowest BCUT2D eigenvalue weighted by molar-refractivity contribution is 0.0530. The van der Waals surface area contributed by atoms with Crippen molar-refractivity contribution in [2.24, 2.45) is 10.7 Å². The molecule has 1 heterocycles. The van der Waals surface area contributed by atoms with Crippen LogP contribution in [0.4, 0.5) is 0 Å². The number of nitrogens with two attached hydrogens (primary N) is 1. The van der Waals surface area contributed by atoms with Gasteiger partial charge in [0.05, 0.1) is 13.7 Å². The minimum Gasteiger partial charge on any atom is -0.497 e. The minimum atomic E-state index is 0. The predicted molar refractivity (Wildman–Crippen MR) is 110 cm³/mol. The Kier molecular flexibility index (Phi) is 8.83. The fourth-order valence-electron chi connectivity index (χ4n) is 3.12. The monoisotopic (exact) mass is 447 g/mol. The number of benzene rings is 1. The third kappa shape index (κ3) is 4.99. The van der Waals surface area contributed by atoms with Gasteiger partial charge in [0.15, 0.2) is 5.96 Å². The SMILES string of the molecule is CCN(CC)C(N)=NCC1(c2ccc(OC)cc2)CCOCC1.I. The molecule has 1 saturated heterocycles. The zero-order valence-corrected chi connectivity index (χ0v) is 17.3. The van der Waals surface area contributed by atoms with Gasteiger partial charge >= 0.3 is 0 Å². The molecule has 24 heavy (non-hydrogen) atoms. The van der Waals surface area contributed by atoms with E-state index in [4.69, 9.17) is 20.2 Å². The van der Waals surface area contributed by atoms with Crippen LogP contribution in [0.5, 0.6) is 5.75 Å². The van der Waals surface area contributed by atoms with E-state index >= 15 is 0 Å². The van der Waals surface area contributed by atoms with Gasteiger partial charge in [0.25, 0.3) is 0 Å². The van der Waals surface area contributed by atoms with E-state index in [0.717, 1.165) is 44.9 Å². The average Bonchev–Trinajstić information content (AvgIpc) is 2.62. The van der Waals surface area contributed by atoms with Gasteiger partial charge in [0.2, 0.25) is 0 Å². The quantitative estimate of drug-likeness (QED) is 0.414. The molecule has 0 bridgehead atoms. The molecule has 0 amide bonds. The van der Waals surface area contributed by atoms with Crippen LogP contribution in [0.1, 0.15) is 32.3 Å². The first-order chi connectivity index (χ1) is 11.1. The van der Waals surface area contributed by atoms with Crippen LogP contribution in [0.2, 0.25) is 0 Å². The molecule has 2 rings (SSSR count). The van der Waals surface area contributed by atoms with Crippen LogP contribution in [0, 0.1) is 0 Å². The second-order valence-electron chi connectivity index (χ2n) is 5.97. The summed E-state index contributed by atoms with van der Waals surface area (Å²) in [5.74, 6) is 1.51. The lowest BCUT2D eigenvalue weighted by Gasteiger charge is -2.37. The highest BCUT2D eigenvalue weighted by Crippen LogP contribution is 2.36. The van der Waals surface area contributed by atoms with E-state index < -0.39 is 0 Å². The molecule has 0 unspecified atom stereocenters. The molecule has 1 aromatic carbocycles. The molecule has 0 aliphatic carbocycles.